The molecule has 2 aliphatic rings. The van der Waals surface area contributed by atoms with E-state index >= 15 is 0 Å². The lowest BCUT2D eigenvalue weighted by molar-refractivity contribution is 0.0952. The van der Waals surface area contributed by atoms with Gasteiger partial charge in [0.1, 0.15) is 10.7 Å². The van der Waals surface area contributed by atoms with Gasteiger partial charge in [0.05, 0.1) is 22.0 Å². The monoisotopic (exact) mass is 683 g/mol. The maximum absolute atomic E-state index is 13.9. The lowest BCUT2D eigenvalue weighted by Crippen LogP contribution is -2.26. The van der Waals surface area contributed by atoms with Crippen LogP contribution in [0.2, 0.25) is 15.1 Å². The van der Waals surface area contributed by atoms with Gasteiger partial charge in [0.15, 0.2) is 5.01 Å². The summed E-state index contributed by atoms with van der Waals surface area (Å²) in [6.07, 6.45) is 3.85. The molecule has 0 spiro atoms. The van der Waals surface area contributed by atoms with Crippen molar-refractivity contribution in [2.75, 3.05) is 0 Å². The Hall–Kier alpha value is -2.75. The highest BCUT2D eigenvalue weighted by Gasteiger charge is 2.49. The summed E-state index contributed by atoms with van der Waals surface area (Å²) >= 11 is 24.1. The van der Waals surface area contributed by atoms with Gasteiger partial charge >= 0.3 is 0 Å². The maximum atomic E-state index is 13.9. The van der Waals surface area contributed by atoms with Crippen molar-refractivity contribution in [3.05, 3.63) is 102 Å². The van der Waals surface area contributed by atoms with Crippen LogP contribution in [0.5, 0.6) is 0 Å². The number of carbonyl (C=O) groups is 1. The SMILES string of the molecule is O=C(NC1CC1)c1c(-c2nnc(C3(c4ccc(Cl)cc4)CC3)s2)nn(-c2ccc(Cl)cc2Cl)c1-c1ccc(Br)cc1. The zero-order valence-corrected chi connectivity index (χ0v) is 26.0. The van der Waals surface area contributed by atoms with E-state index < -0.39 is 0 Å². The molecule has 1 N–H and O–H groups in total. The number of aromatic nitrogens is 4. The summed E-state index contributed by atoms with van der Waals surface area (Å²) in [7, 11) is 0. The highest BCUT2D eigenvalue weighted by Crippen LogP contribution is 2.55. The van der Waals surface area contributed by atoms with E-state index in [9.17, 15) is 4.79 Å². The van der Waals surface area contributed by atoms with Crippen molar-refractivity contribution in [2.24, 2.45) is 0 Å². The smallest absolute Gasteiger partial charge is 0.256 e. The van der Waals surface area contributed by atoms with Crippen molar-refractivity contribution in [2.45, 2.75) is 37.1 Å². The highest BCUT2D eigenvalue weighted by atomic mass is 79.9. The summed E-state index contributed by atoms with van der Waals surface area (Å²) in [5.41, 5.74) is 3.88. The number of hydrogen-bond donors (Lipinski definition) is 1. The molecule has 0 radical (unpaired) electrons. The first-order valence-electron chi connectivity index (χ1n) is 13.1. The molecule has 2 heterocycles. The number of hydrogen-bond acceptors (Lipinski definition) is 5. The molecule has 2 aliphatic carbocycles. The Kier molecular flexibility index (Phi) is 6.95. The summed E-state index contributed by atoms with van der Waals surface area (Å²) in [5, 5.41) is 20.5. The van der Waals surface area contributed by atoms with Crippen LogP contribution in [-0.4, -0.2) is 31.9 Å². The Morgan fingerprint density at radius 3 is 2.32 bits per heavy atom. The van der Waals surface area contributed by atoms with Crippen molar-refractivity contribution in [3.63, 3.8) is 0 Å². The number of rotatable bonds is 7. The average Bonchev–Trinajstić information content (AvgIpc) is 3.86. The van der Waals surface area contributed by atoms with E-state index in [0.717, 1.165) is 46.3 Å². The largest absolute Gasteiger partial charge is 0.349 e. The molecule has 206 valence electrons. The molecule has 6 nitrogen and oxygen atoms in total. The van der Waals surface area contributed by atoms with Crippen LogP contribution in [0.3, 0.4) is 0 Å². The topological polar surface area (TPSA) is 72.7 Å². The Labute approximate surface area is 263 Å². The molecule has 1 amide bonds. The zero-order chi connectivity index (χ0) is 28.3. The lowest BCUT2D eigenvalue weighted by atomic mass is 9.97. The van der Waals surface area contributed by atoms with E-state index in [1.165, 1.54) is 11.3 Å². The minimum atomic E-state index is -0.202. The second-order valence-corrected chi connectivity index (χ2v) is 13.5. The van der Waals surface area contributed by atoms with Crippen molar-refractivity contribution in [1.29, 1.82) is 0 Å². The minimum absolute atomic E-state index is 0.153. The molecule has 7 rings (SSSR count). The number of carbonyl (C=O) groups excluding carboxylic acids is 1. The fourth-order valence-electron chi connectivity index (χ4n) is 5.00. The van der Waals surface area contributed by atoms with Crippen LogP contribution in [0.1, 0.15) is 46.6 Å². The van der Waals surface area contributed by atoms with Gasteiger partial charge in [0, 0.05) is 31.5 Å². The zero-order valence-electron chi connectivity index (χ0n) is 21.4. The van der Waals surface area contributed by atoms with Gasteiger partial charge in [-0.1, -0.05) is 86.3 Å². The predicted molar refractivity (Wildman–Crippen MR) is 168 cm³/mol. The first-order valence-corrected chi connectivity index (χ1v) is 15.8. The van der Waals surface area contributed by atoms with E-state index in [-0.39, 0.29) is 17.4 Å². The Balaban J connectivity index is 1.42. The summed E-state index contributed by atoms with van der Waals surface area (Å²) in [4.78, 5) is 13.9. The molecule has 0 unspecified atom stereocenters. The second-order valence-electron chi connectivity index (χ2n) is 10.3. The van der Waals surface area contributed by atoms with Gasteiger partial charge in [-0.15, -0.1) is 10.2 Å². The Bertz CT molecular complexity index is 1790. The summed E-state index contributed by atoms with van der Waals surface area (Å²) in [6, 6.07) is 21.1. The number of amides is 1. The first kappa shape index (κ1) is 27.1. The third-order valence-electron chi connectivity index (χ3n) is 7.46. The molecule has 5 aromatic rings. The third-order valence-corrected chi connectivity index (χ3v) is 9.92. The van der Waals surface area contributed by atoms with Crippen molar-refractivity contribution in [1.82, 2.24) is 25.3 Å². The standard InChI is InChI=1S/C30H21BrCl3N5OS/c31-18-5-1-16(2-6-18)26-24(27(40)35-21-10-11-21)25(38-39(26)23-12-9-20(33)15-22(23)34)28-36-37-29(41-28)30(13-14-30)17-3-7-19(32)8-4-17/h1-9,12,15,21H,10-11,13-14H2,(H,35,40). The first-order chi connectivity index (χ1) is 19.8. The van der Waals surface area contributed by atoms with Gasteiger partial charge in [0.2, 0.25) is 0 Å². The van der Waals surface area contributed by atoms with Crippen LogP contribution in [0.4, 0.5) is 0 Å². The average molecular weight is 686 g/mol. The summed E-state index contributed by atoms with van der Waals surface area (Å²) in [6.45, 7) is 0. The molecule has 0 bridgehead atoms. The third kappa shape index (κ3) is 5.10. The van der Waals surface area contributed by atoms with Crippen molar-refractivity contribution in [3.8, 4) is 27.6 Å². The van der Waals surface area contributed by atoms with Gasteiger partial charge in [-0.3, -0.25) is 4.79 Å². The molecular formula is C30H21BrCl3N5OS. The number of halogens is 4. The van der Waals surface area contributed by atoms with E-state index in [1.54, 1.807) is 22.9 Å². The molecular weight excluding hydrogens is 665 g/mol. The second kappa shape index (κ2) is 10.5. The number of nitrogens with one attached hydrogen (secondary N) is 1. The van der Waals surface area contributed by atoms with Crippen LogP contribution >= 0.6 is 62.1 Å². The molecule has 2 fully saturated rings. The molecule has 2 saturated carbocycles. The van der Waals surface area contributed by atoms with Crippen LogP contribution in [0.15, 0.2) is 71.2 Å². The van der Waals surface area contributed by atoms with E-state index in [2.05, 4.69) is 31.4 Å². The van der Waals surface area contributed by atoms with E-state index in [0.29, 0.717) is 42.7 Å². The Morgan fingerprint density at radius 1 is 0.951 bits per heavy atom. The van der Waals surface area contributed by atoms with Gasteiger partial charge in [-0.2, -0.15) is 5.10 Å². The van der Waals surface area contributed by atoms with Gasteiger partial charge < -0.3 is 5.32 Å². The fraction of sp³-hybridized carbons (Fsp3) is 0.200. The Morgan fingerprint density at radius 2 is 1.66 bits per heavy atom. The molecule has 2 aromatic heterocycles. The van der Waals surface area contributed by atoms with Crippen LogP contribution in [0.25, 0.3) is 27.6 Å². The van der Waals surface area contributed by atoms with Crippen LogP contribution in [0, 0.1) is 0 Å². The summed E-state index contributed by atoms with van der Waals surface area (Å²) in [5.74, 6) is -0.202. The van der Waals surface area contributed by atoms with Gasteiger partial charge in [-0.25, -0.2) is 4.68 Å². The van der Waals surface area contributed by atoms with Gasteiger partial charge in [-0.05, 0) is 73.7 Å². The van der Waals surface area contributed by atoms with E-state index in [1.807, 2.05) is 48.5 Å². The molecule has 0 atom stereocenters. The van der Waals surface area contributed by atoms with Crippen LogP contribution in [-0.2, 0) is 5.41 Å². The number of benzene rings is 3. The minimum Gasteiger partial charge on any atom is -0.349 e. The van der Waals surface area contributed by atoms with Crippen molar-refractivity contribution < 1.29 is 4.79 Å². The number of nitrogens with zero attached hydrogens (tertiary/aromatic N) is 4. The van der Waals surface area contributed by atoms with Crippen LogP contribution < -0.4 is 5.32 Å². The molecule has 11 heteroatoms. The maximum Gasteiger partial charge on any atom is 0.256 e. The highest BCUT2D eigenvalue weighted by molar-refractivity contribution is 9.10. The normalized spacial score (nSPS) is 15.6. The van der Waals surface area contributed by atoms with Crippen molar-refractivity contribution >= 4 is 68.0 Å². The van der Waals surface area contributed by atoms with Gasteiger partial charge in [0.25, 0.3) is 5.91 Å². The molecule has 0 aliphatic heterocycles. The fourth-order valence-corrected chi connectivity index (χ4v) is 6.98. The quantitative estimate of drug-likeness (QED) is 0.186. The molecule has 41 heavy (non-hydrogen) atoms. The van der Waals surface area contributed by atoms with E-state index in [4.69, 9.17) is 39.9 Å². The molecule has 0 saturated heterocycles. The summed E-state index contributed by atoms with van der Waals surface area (Å²) < 4.78 is 2.64. The molecule has 3 aromatic carbocycles. The lowest BCUT2D eigenvalue weighted by Gasteiger charge is -2.12. The predicted octanol–water partition coefficient (Wildman–Crippen LogP) is 8.75.